The molecule has 0 saturated heterocycles. The van der Waals surface area contributed by atoms with E-state index in [1.807, 2.05) is 12.4 Å². The molecule has 42 heavy (non-hydrogen) atoms. The summed E-state index contributed by atoms with van der Waals surface area (Å²) in [4.78, 5) is 19.9. The topological polar surface area (TPSA) is 67.0 Å². The van der Waals surface area contributed by atoms with E-state index in [0.717, 1.165) is 48.2 Å². The zero-order chi connectivity index (χ0) is 29.4. The maximum absolute atomic E-state index is 11.9. The van der Waals surface area contributed by atoms with Gasteiger partial charge in [-0.1, -0.05) is 111 Å². The molecule has 5 nitrogen and oxygen atoms in total. The van der Waals surface area contributed by atoms with Gasteiger partial charge in [0.2, 0.25) is 5.91 Å². The minimum Gasteiger partial charge on any atom is -0.360 e. The quantitative estimate of drug-likeness (QED) is 0.162. The molecule has 3 atom stereocenters. The number of imidazole rings is 1. The smallest absolute Gasteiger partial charge is 0.217 e. The van der Waals surface area contributed by atoms with E-state index in [4.69, 9.17) is 4.74 Å². The Bertz CT molecular complexity index is 1270. The van der Waals surface area contributed by atoms with Crippen LogP contribution in [0.15, 0.2) is 103 Å². The van der Waals surface area contributed by atoms with Crippen LogP contribution < -0.4 is 5.32 Å². The van der Waals surface area contributed by atoms with Gasteiger partial charge in [0, 0.05) is 31.3 Å². The van der Waals surface area contributed by atoms with Crippen molar-refractivity contribution in [2.75, 3.05) is 6.61 Å². The monoisotopic (exact) mass is 563 g/mol. The molecular weight excluding hydrogens is 518 g/mol. The number of aromatic amines is 1. The molecule has 0 radical (unpaired) electrons. The van der Waals surface area contributed by atoms with Crippen LogP contribution in [0.1, 0.15) is 87.7 Å². The standard InChI is InChI=1S/C37H45N3O2/c1-28(29(2)40-30(3)41)34(35-38-25-26-39-35)21-24-36(22-13-14-23-36)27-42-37(31-15-7-4-8-16-31,32-17-9-5-10-18-32)33-19-11-6-12-20-33/h4-12,15-20,25-26,28-29,34H,13-14,21-24,27H2,1-3H3,(H,38,39)(H,40,41)/t28-,29?,34+/m1/s1. The molecule has 0 aliphatic heterocycles. The third-order valence-electron chi connectivity index (χ3n) is 9.51. The molecule has 4 aromatic rings. The number of rotatable bonds is 13. The van der Waals surface area contributed by atoms with Crippen LogP contribution in [-0.4, -0.2) is 28.5 Å². The van der Waals surface area contributed by atoms with Gasteiger partial charge in [0.25, 0.3) is 0 Å². The highest BCUT2D eigenvalue weighted by Gasteiger charge is 2.43. The zero-order valence-electron chi connectivity index (χ0n) is 25.3. The van der Waals surface area contributed by atoms with E-state index < -0.39 is 5.60 Å². The second-order valence-corrected chi connectivity index (χ2v) is 12.2. The molecule has 1 unspecified atom stereocenters. The normalized spacial score (nSPS) is 16.9. The average molecular weight is 564 g/mol. The van der Waals surface area contributed by atoms with Crippen molar-refractivity contribution in [1.82, 2.24) is 15.3 Å². The van der Waals surface area contributed by atoms with E-state index in [2.05, 4.69) is 120 Å². The summed E-state index contributed by atoms with van der Waals surface area (Å²) >= 11 is 0. The molecule has 1 fully saturated rings. The van der Waals surface area contributed by atoms with Gasteiger partial charge in [0.05, 0.1) is 6.61 Å². The third kappa shape index (κ3) is 6.52. The largest absolute Gasteiger partial charge is 0.360 e. The lowest BCUT2D eigenvalue weighted by Crippen LogP contribution is -2.39. The van der Waals surface area contributed by atoms with Gasteiger partial charge in [0.15, 0.2) is 0 Å². The summed E-state index contributed by atoms with van der Waals surface area (Å²) in [7, 11) is 0. The maximum atomic E-state index is 11.9. The molecule has 1 aliphatic rings. The lowest BCUT2D eigenvalue weighted by atomic mass is 9.75. The highest BCUT2D eigenvalue weighted by atomic mass is 16.5. The fourth-order valence-electron chi connectivity index (χ4n) is 7.01. The fraction of sp³-hybridized carbons (Fsp3) is 0.405. The minimum atomic E-state index is -0.715. The Hall–Kier alpha value is -3.70. The van der Waals surface area contributed by atoms with Crippen molar-refractivity contribution in [1.29, 1.82) is 0 Å². The molecule has 0 spiro atoms. The van der Waals surface area contributed by atoms with Gasteiger partial charge in [-0.05, 0) is 60.6 Å². The van der Waals surface area contributed by atoms with E-state index in [-0.39, 0.29) is 29.2 Å². The summed E-state index contributed by atoms with van der Waals surface area (Å²) in [5.41, 5.74) is 2.78. The number of hydrogen-bond acceptors (Lipinski definition) is 3. The number of ether oxygens (including phenoxy) is 1. The van der Waals surface area contributed by atoms with Crippen LogP contribution in [0.5, 0.6) is 0 Å². The SMILES string of the molecule is CC(=O)NC(C)[C@@H](C)[C@H](CCC1(COC(c2ccccc2)(c2ccccc2)c2ccccc2)CCCC1)c1ncc[nH]1. The van der Waals surface area contributed by atoms with Crippen molar-refractivity contribution in [2.24, 2.45) is 11.3 Å². The molecule has 2 N–H and O–H groups in total. The Morgan fingerprint density at radius 2 is 1.43 bits per heavy atom. The molecular formula is C37H45N3O2. The first kappa shape index (κ1) is 29.8. The fourth-order valence-corrected chi connectivity index (χ4v) is 7.01. The minimum absolute atomic E-state index is 0.00674. The van der Waals surface area contributed by atoms with Gasteiger partial charge >= 0.3 is 0 Å². The van der Waals surface area contributed by atoms with Crippen LogP contribution in [0, 0.1) is 11.3 Å². The predicted octanol–water partition coefficient (Wildman–Crippen LogP) is 8.00. The summed E-state index contributed by atoms with van der Waals surface area (Å²) in [6, 6.07) is 32.1. The molecule has 1 aromatic heterocycles. The molecule has 1 aliphatic carbocycles. The van der Waals surface area contributed by atoms with Crippen molar-refractivity contribution < 1.29 is 9.53 Å². The number of amides is 1. The van der Waals surface area contributed by atoms with Crippen LogP contribution in [-0.2, 0) is 15.1 Å². The number of carbonyl (C=O) groups excluding carboxylic acids is 1. The third-order valence-corrected chi connectivity index (χ3v) is 9.51. The Morgan fingerprint density at radius 1 is 0.905 bits per heavy atom. The van der Waals surface area contributed by atoms with Crippen LogP contribution in [0.3, 0.4) is 0 Å². The number of aromatic nitrogens is 2. The van der Waals surface area contributed by atoms with E-state index in [1.54, 1.807) is 6.92 Å². The van der Waals surface area contributed by atoms with Gasteiger partial charge < -0.3 is 15.0 Å². The number of benzene rings is 3. The number of nitrogens with one attached hydrogen (secondary N) is 2. The Morgan fingerprint density at radius 3 is 1.88 bits per heavy atom. The highest BCUT2D eigenvalue weighted by Crippen LogP contribution is 2.48. The molecule has 0 bridgehead atoms. The number of nitrogens with zero attached hydrogens (tertiary/aromatic N) is 1. The summed E-state index contributed by atoms with van der Waals surface area (Å²) < 4.78 is 7.38. The van der Waals surface area contributed by atoms with Crippen LogP contribution in [0.4, 0.5) is 0 Å². The van der Waals surface area contributed by atoms with Gasteiger partial charge in [0.1, 0.15) is 11.4 Å². The first-order valence-electron chi connectivity index (χ1n) is 15.5. The lowest BCUT2D eigenvalue weighted by Gasteiger charge is -2.40. The second-order valence-electron chi connectivity index (χ2n) is 12.2. The van der Waals surface area contributed by atoms with E-state index in [9.17, 15) is 4.79 Å². The Kier molecular flexibility index (Phi) is 9.58. The predicted molar refractivity (Wildman–Crippen MR) is 169 cm³/mol. The molecule has 5 rings (SSSR count). The van der Waals surface area contributed by atoms with Crippen molar-refractivity contribution in [2.45, 2.75) is 76.9 Å². The van der Waals surface area contributed by atoms with Crippen LogP contribution >= 0.6 is 0 Å². The molecule has 1 heterocycles. The maximum Gasteiger partial charge on any atom is 0.217 e. The molecule has 1 amide bonds. The summed E-state index contributed by atoms with van der Waals surface area (Å²) in [6.07, 6.45) is 10.5. The number of hydrogen-bond donors (Lipinski definition) is 2. The van der Waals surface area contributed by atoms with Crippen LogP contribution in [0.25, 0.3) is 0 Å². The summed E-state index contributed by atoms with van der Waals surface area (Å²) in [6.45, 7) is 6.60. The zero-order valence-corrected chi connectivity index (χ0v) is 25.3. The van der Waals surface area contributed by atoms with Crippen LogP contribution in [0.2, 0.25) is 0 Å². The van der Waals surface area contributed by atoms with Gasteiger partial charge in [-0.15, -0.1) is 0 Å². The Labute approximate surface area is 251 Å². The van der Waals surface area contributed by atoms with E-state index >= 15 is 0 Å². The van der Waals surface area contributed by atoms with Gasteiger partial charge in [-0.2, -0.15) is 0 Å². The van der Waals surface area contributed by atoms with Crippen molar-refractivity contribution in [3.05, 3.63) is 126 Å². The van der Waals surface area contributed by atoms with Gasteiger partial charge in [-0.3, -0.25) is 4.79 Å². The molecule has 5 heteroatoms. The number of carbonyl (C=O) groups is 1. The van der Waals surface area contributed by atoms with E-state index in [1.165, 1.54) is 12.8 Å². The number of H-pyrrole nitrogens is 1. The van der Waals surface area contributed by atoms with E-state index in [0.29, 0.717) is 6.61 Å². The summed E-state index contributed by atoms with van der Waals surface area (Å²) in [5, 5.41) is 3.12. The molecule has 1 saturated carbocycles. The molecule has 3 aromatic carbocycles. The highest BCUT2D eigenvalue weighted by molar-refractivity contribution is 5.73. The van der Waals surface area contributed by atoms with Crippen molar-refractivity contribution in [3.63, 3.8) is 0 Å². The van der Waals surface area contributed by atoms with Crippen molar-refractivity contribution >= 4 is 5.91 Å². The second kappa shape index (κ2) is 13.5. The first-order chi connectivity index (χ1) is 20.4. The van der Waals surface area contributed by atoms with Crippen molar-refractivity contribution in [3.8, 4) is 0 Å². The molecule has 220 valence electrons. The Balaban J connectivity index is 1.46. The van der Waals surface area contributed by atoms with Gasteiger partial charge in [-0.25, -0.2) is 4.98 Å². The average Bonchev–Trinajstić information content (AvgIpc) is 3.72. The first-order valence-corrected chi connectivity index (χ1v) is 15.5. The lowest BCUT2D eigenvalue weighted by molar-refractivity contribution is -0.119. The summed E-state index contributed by atoms with van der Waals surface area (Å²) in [5.74, 6) is 1.45.